The van der Waals surface area contributed by atoms with Gasteiger partial charge in [0.25, 0.3) is 0 Å². The highest BCUT2D eigenvalue weighted by Gasteiger charge is 2.37. The van der Waals surface area contributed by atoms with Crippen molar-refractivity contribution in [1.29, 1.82) is 0 Å². The van der Waals surface area contributed by atoms with E-state index in [2.05, 4.69) is 16.8 Å². The lowest BCUT2D eigenvalue weighted by Gasteiger charge is -2.28. The summed E-state index contributed by atoms with van der Waals surface area (Å²) < 4.78 is 4.92. The quantitative estimate of drug-likeness (QED) is 0.240. The summed E-state index contributed by atoms with van der Waals surface area (Å²) in [7, 11) is 4.49. The molecular weight excluding hydrogens is 370 g/mol. The van der Waals surface area contributed by atoms with E-state index in [4.69, 9.17) is 9.84 Å². The molecule has 0 aliphatic heterocycles. The van der Waals surface area contributed by atoms with Crippen molar-refractivity contribution >= 4 is 17.8 Å². The van der Waals surface area contributed by atoms with E-state index in [-0.39, 0.29) is 25.4 Å². The molecule has 28 heavy (non-hydrogen) atoms. The molecule has 1 amide bonds. The molecule has 0 saturated heterocycles. The molecule has 168 valence electrons. The largest absolute Gasteiger partial charge is 0.481 e. The first-order chi connectivity index (χ1) is 13.1. The standard InChI is InChI=1S/C16H29NO7.2CH5N/c1-5-10(13(20)17-4)6-11(14(21)22)7-16(2,3)15(23)24-9-12(19)8-18;2*1-2/h10-12,18-19H,5-9H2,1-4H3,(H,17,20)(H,21,22);2*2H2,1H3. The molecule has 0 heterocycles. The number of nitrogens with two attached hydrogens (primary N) is 2. The first-order valence-electron chi connectivity index (χ1n) is 9.15. The molecule has 0 aliphatic rings. The number of carbonyl (C=O) groups is 3. The molecule has 0 saturated carbocycles. The van der Waals surface area contributed by atoms with Gasteiger partial charge < -0.3 is 36.8 Å². The molecule has 0 aromatic carbocycles. The summed E-state index contributed by atoms with van der Waals surface area (Å²) >= 11 is 0. The first kappa shape index (κ1) is 31.0. The van der Waals surface area contributed by atoms with Gasteiger partial charge in [0.15, 0.2) is 0 Å². The van der Waals surface area contributed by atoms with Crippen LogP contribution in [0.2, 0.25) is 0 Å². The Labute approximate surface area is 167 Å². The van der Waals surface area contributed by atoms with Gasteiger partial charge in [-0.1, -0.05) is 6.92 Å². The second-order valence-corrected chi connectivity index (χ2v) is 6.51. The highest BCUT2D eigenvalue weighted by Crippen LogP contribution is 2.31. The third-order valence-corrected chi connectivity index (χ3v) is 3.96. The molecule has 3 unspecified atom stereocenters. The van der Waals surface area contributed by atoms with E-state index in [1.807, 2.05) is 0 Å². The SMILES string of the molecule is CCC(CC(CC(C)(C)C(=O)OCC(O)CO)C(=O)O)C(=O)NC.CN.CN. The Kier molecular flexibility index (Phi) is 19.2. The van der Waals surface area contributed by atoms with Gasteiger partial charge in [0.2, 0.25) is 5.91 Å². The summed E-state index contributed by atoms with van der Waals surface area (Å²) in [5.41, 5.74) is 7.90. The molecule has 8 N–H and O–H groups in total. The van der Waals surface area contributed by atoms with Crippen LogP contribution < -0.4 is 16.8 Å². The topological polar surface area (TPSA) is 185 Å². The van der Waals surface area contributed by atoms with Crippen molar-refractivity contribution in [3.63, 3.8) is 0 Å². The molecule has 0 aliphatic carbocycles. The lowest BCUT2D eigenvalue weighted by atomic mass is 9.78. The summed E-state index contributed by atoms with van der Waals surface area (Å²) in [6.07, 6.45) is -0.541. The average Bonchev–Trinajstić information content (AvgIpc) is 2.70. The number of hydrogen-bond donors (Lipinski definition) is 6. The van der Waals surface area contributed by atoms with E-state index in [9.17, 15) is 24.6 Å². The highest BCUT2D eigenvalue weighted by atomic mass is 16.5. The van der Waals surface area contributed by atoms with Gasteiger partial charge in [-0.3, -0.25) is 14.4 Å². The molecule has 0 radical (unpaired) electrons. The van der Waals surface area contributed by atoms with Crippen molar-refractivity contribution in [1.82, 2.24) is 5.32 Å². The number of esters is 1. The van der Waals surface area contributed by atoms with Crippen LogP contribution in [0.4, 0.5) is 0 Å². The van der Waals surface area contributed by atoms with Gasteiger partial charge in [-0.15, -0.1) is 0 Å². The second kappa shape index (κ2) is 17.4. The minimum absolute atomic E-state index is 0.00385. The predicted molar refractivity (Wildman–Crippen MR) is 106 cm³/mol. The van der Waals surface area contributed by atoms with Crippen LogP contribution >= 0.6 is 0 Å². The normalized spacial score (nSPS) is 13.5. The van der Waals surface area contributed by atoms with E-state index >= 15 is 0 Å². The van der Waals surface area contributed by atoms with Crippen LogP contribution in [0.25, 0.3) is 0 Å². The molecule has 0 aromatic rings. The minimum Gasteiger partial charge on any atom is -0.481 e. The number of amides is 1. The number of hydrogen-bond acceptors (Lipinski definition) is 8. The Balaban J connectivity index is -0.00000146. The van der Waals surface area contributed by atoms with Crippen LogP contribution in [0.15, 0.2) is 0 Å². The molecule has 0 rings (SSSR count). The van der Waals surface area contributed by atoms with E-state index in [1.165, 1.54) is 21.1 Å². The fourth-order valence-corrected chi connectivity index (χ4v) is 2.40. The Morgan fingerprint density at radius 2 is 1.61 bits per heavy atom. The maximum Gasteiger partial charge on any atom is 0.311 e. The van der Waals surface area contributed by atoms with Crippen molar-refractivity contribution in [2.45, 2.75) is 46.1 Å². The van der Waals surface area contributed by atoms with Crippen LogP contribution in [0, 0.1) is 17.3 Å². The lowest BCUT2D eigenvalue weighted by Crippen LogP contribution is -2.36. The highest BCUT2D eigenvalue weighted by molar-refractivity contribution is 5.80. The van der Waals surface area contributed by atoms with Gasteiger partial charge in [0.1, 0.15) is 12.7 Å². The van der Waals surface area contributed by atoms with Crippen LogP contribution in [-0.2, 0) is 19.1 Å². The van der Waals surface area contributed by atoms with Gasteiger partial charge in [0.05, 0.1) is 17.9 Å². The number of carbonyl (C=O) groups excluding carboxylic acids is 2. The Bertz CT molecular complexity index is 445. The zero-order valence-corrected chi connectivity index (χ0v) is 17.9. The van der Waals surface area contributed by atoms with E-state index in [0.717, 1.165) is 0 Å². The molecule has 10 heteroatoms. The summed E-state index contributed by atoms with van der Waals surface area (Å²) in [5, 5.41) is 29.9. The van der Waals surface area contributed by atoms with Crippen molar-refractivity contribution in [3.05, 3.63) is 0 Å². The van der Waals surface area contributed by atoms with E-state index in [1.54, 1.807) is 20.8 Å². The molecule has 0 spiro atoms. The van der Waals surface area contributed by atoms with Crippen LogP contribution in [0.5, 0.6) is 0 Å². The van der Waals surface area contributed by atoms with Crippen LogP contribution in [0.3, 0.4) is 0 Å². The molecular formula is C18H39N3O7. The third kappa shape index (κ3) is 12.6. The Morgan fingerprint density at radius 3 is 1.96 bits per heavy atom. The molecule has 0 bridgehead atoms. The number of nitrogens with one attached hydrogen (secondary N) is 1. The number of carboxylic acid groups (broad SMARTS) is 1. The molecule has 10 nitrogen and oxygen atoms in total. The summed E-state index contributed by atoms with van der Waals surface area (Å²) in [5.74, 6) is -3.28. The summed E-state index contributed by atoms with van der Waals surface area (Å²) in [6, 6.07) is 0. The van der Waals surface area contributed by atoms with Gasteiger partial charge in [-0.05, 0) is 47.2 Å². The number of aliphatic hydroxyl groups is 2. The molecule has 0 fully saturated rings. The predicted octanol–water partition coefficient (Wildman–Crippen LogP) is -0.688. The van der Waals surface area contributed by atoms with Gasteiger partial charge >= 0.3 is 11.9 Å². The summed E-state index contributed by atoms with van der Waals surface area (Å²) in [6.45, 7) is 4.02. The number of carboxylic acids is 1. The number of rotatable bonds is 11. The first-order valence-corrected chi connectivity index (χ1v) is 9.15. The van der Waals surface area contributed by atoms with Gasteiger partial charge in [-0.25, -0.2) is 0 Å². The van der Waals surface area contributed by atoms with Crippen LogP contribution in [-0.4, -0.2) is 73.6 Å². The monoisotopic (exact) mass is 409 g/mol. The number of aliphatic hydroxyl groups excluding tert-OH is 2. The smallest absolute Gasteiger partial charge is 0.311 e. The van der Waals surface area contributed by atoms with Crippen molar-refractivity contribution in [2.75, 3.05) is 34.4 Å². The van der Waals surface area contributed by atoms with Crippen molar-refractivity contribution in [3.8, 4) is 0 Å². The third-order valence-electron chi connectivity index (χ3n) is 3.96. The van der Waals surface area contributed by atoms with Gasteiger partial charge in [0, 0.05) is 13.0 Å². The number of ether oxygens (including phenoxy) is 1. The van der Waals surface area contributed by atoms with Crippen molar-refractivity contribution < 1.29 is 34.4 Å². The lowest BCUT2D eigenvalue weighted by molar-refractivity contribution is -0.160. The maximum absolute atomic E-state index is 12.1. The molecule has 3 atom stereocenters. The van der Waals surface area contributed by atoms with Crippen LogP contribution in [0.1, 0.15) is 40.0 Å². The summed E-state index contributed by atoms with van der Waals surface area (Å²) in [4.78, 5) is 35.4. The average molecular weight is 410 g/mol. The maximum atomic E-state index is 12.1. The number of aliphatic carboxylic acids is 1. The minimum atomic E-state index is -1.17. The Hall–Kier alpha value is -1.75. The molecule has 0 aromatic heterocycles. The van der Waals surface area contributed by atoms with Gasteiger partial charge in [-0.2, -0.15) is 0 Å². The van der Waals surface area contributed by atoms with E-state index < -0.39 is 41.9 Å². The second-order valence-electron chi connectivity index (χ2n) is 6.51. The zero-order valence-electron chi connectivity index (χ0n) is 17.9. The van der Waals surface area contributed by atoms with E-state index in [0.29, 0.717) is 6.42 Å². The zero-order chi connectivity index (χ0) is 22.9. The Morgan fingerprint density at radius 1 is 1.11 bits per heavy atom. The van der Waals surface area contributed by atoms with Crippen molar-refractivity contribution in [2.24, 2.45) is 28.7 Å². The fourth-order valence-electron chi connectivity index (χ4n) is 2.40. The fraction of sp³-hybridized carbons (Fsp3) is 0.833.